The van der Waals surface area contributed by atoms with E-state index < -0.39 is 43.2 Å². The maximum atomic E-state index is 13.3. The van der Waals surface area contributed by atoms with Crippen molar-refractivity contribution in [3.05, 3.63) is 0 Å². The normalized spacial score (nSPS) is 12.8. The van der Waals surface area contributed by atoms with Gasteiger partial charge in [-0.3, -0.25) is 9.59 Å². The number of unbranched alkanes of at least 4 members (excludes halogenated alkanes) is 8. The van der Waals surface area contributed by atoms with Crippen LogP contribution in [0, 0.1) is 0 Å². The zero-order chi connectivity index (χ0) is 25.5. The first-order chi connectivity index (χ1) is 15.3. The molecule has 0 radical (unpaired) electrons. The molecule has 4 nitrogen and oxygen atoms in total. The van der Waals surface area contributed by atoms with Crippen LogP contribution in [0.3, 0.4) is 0 Å². The number of hydrogen-bond donors (Lipinski definition) is 0. The summed E-state index contributed by atoms with van der Waals surface area (Å²) < 4.78 is 111. The summed E-state index contributed by atoms with van der Waals surface area (Å²) in [5, 5.41) is 0. The van der Waals surface area contributed by atoms with E-state index in [1.165, 1.54) is 0 Å². The fourth-order valence-corrected chi connectivity index (χ4v) is 2.75. The molecule has 196 valence electrons. The maximum absolute atomic E-state index is 13.3. The summed E-state index contributed by atoms with van der Waals surface area (Å²) in [5.74, 6) is -19.9. The molecule has 0 aliphatic heterocycles. The Morgan fingerprint density at radius 1 is 0.697 bits per heavy atom. The predicted molar refractivity (Wildman–Crippen MR) is 104 cm³/mol. The Balaban J connectivity index is 3.92. The van der Waals surface area contributed by atoms with Crippen LogP contribution in [0.25, 0.3) is 0 Å². The molecule has 0 N–H and O–H groups in total. The van der Waals surface area contributed by atoms with E-state index in [2.05, 4.69) is 11.7 Å². The average Bonchev–Trinajstić information content (AvgIpc) is 2.73. The van der Waals surface area contributed by atoms with Crippen molar-refractivity contribution in [3.63, 3.8) is 0 Å². The second-order valence-electron chi connectivity index (χ2n) is 7.77. The highest BCUT2D eigenvalue weighted by molar-refractivity contribution is 5.69. The van der Waals surface area contributed by atoms with Crippen LogP contribution in [0.15, 0.2) is 0 Å². The molecule has 0 aliphatic carbocycles. The van der Waals surface area contributed by atoms with E-state index in [1.54, 1.807) is 0 Å². The molecule has 0 aromatic rings. The van der Waals surface area contributed by atoms with Gasteiger partial charge in [0.25, 0.3) is 0 Å². The lowest BCUT2D eigenvalue weighted by Gasteiger charge is -2.31. The van der Waals surface area contributed by atoms with Gasteiger partial charge in [-0.1, -0.05) is 51.9 Å². The number of carbonyl (C=O) groups is 2. The van der Waals surface area contributed by atoms with Crippen molar-refractivity contribution in [2.75, 3.05) is 13.2 Å². The number of carbonyl (C=O) groups excluding carboxylic acids is 2. The van der Waals surface area contributed by atoms with Crippen LogP contribution in [-0.2, 0) is 19.1 Å². The molecule has 0 spiro atoms. The molecule has 0 fully saturated rings. The van der Waals surface area contributed by atoms with Crippen LogP contribution < -0.4 is 0 Å². The monoisotopic (exact) mass is 500 g/mol. The minimum Gasteiger partial charge on any atom is -0.466 e. The summed E-state index contributed by atoms with van der Waals surface area (Å²) in [7, 11) is 0. The van der Waals surface area contributed by atoms with Crippen molar-refractivity contribution < 1.29 is 54.2 Å². The first-order valence-corrected chi connectivity index (χ1v) is 11.0. The number of esters is 2. The first kappa shape index (κ1) is 31.4. The topological polar surface area (TPSA) is 52.6 Å². The lowest BCUT2D eigenvalue weighted by Crippen LogP contribution is -2.59. The van der Waals surface area contributed by atoms with Crippen molar-refractivity contribution in [1.29, 1.82) is 0 Å². The Morgan fingerprint density at radius 2 is 1.15 bits per heavy atom. The standard InChI is InChI=1S/C21H32F8O4/c1-2-3-4-11-14-32-16(30)12-9-7-5-6-8-10-13-17(31)33-15-19(24,25)21(28,29)20(26,27)18(22)23/h18H,2-15H2,1H3. The second kappa shape index (κ2) is 15.3. The molecule has 0 aliphatic rings. The van der Waals surface area contributed by atoms with Crippen molar-refractivity contribution in [3.8, 4) is 0 Å². The molecule has 0 rings (SSSR count). The Morgan fingerprint density at radius 3 is 1.64 bits per heavy atom. The fraction of sp³-hybridized carbons (Fsp3) is 0.905. The van der Waals surface area contributed by atoms with E-state index in [9.17, 15) is 44.7 Å². The van der Waals surface area contributed by atoms with E-state index >= 15 is 0 Å². The largest absolute Gasteiger partial charge is 0.466 e. The summed E-state index contributed by atoms with van der Waals surface area (Å²) in [6.45, 7) is 0.0556. The van der Waals surface area contributed by atoms with Gasteiger partial charge < -0.3 is 9.47 Å². The molecule has 0 saturated heterocycles. The fourth-order valence-electron chi connectivity index (χ4n) is 2.75. The van der Waals surface area contributed by atoms with Crippen molar-refractivity contribution in [2.45, 2.75) is 108 Å². The molecule has 33 heavy (non-hydrogen) atoms. The maximum Gasteiger partial charge on any atom is 0.381 e. The van der Waals surface area contributed by atoms with Crippen LogP contribution in [-0.4, -0.2) is 49.3 Å². The van der Waals surface area contributed by atoms with Gasteiger partial charge in [-0.15, -0.1) is 0 Å². The number of hydrogen-bond acceptors (Lipinski definition) is 4. The number of halogens is 8. The molecular weight excluding hydrogens is 468 g/mol. The molecular formula is C21H32F8O4. The lowest BCUT2D eigenvalue weighted by molar-refractivity contribution is -0.344. The molecule has 0 saturated carbocycles. The summed E-state index contributed by atoms with van der Waals surface area (Å²) in [4.78, 5) is 22.9. The van der Waals surface area contributed by atoms with E-state index in [0.717, 1.165) is 38.5 Å². The molecule has 0 unspecified atom stereocenters. The zero-order valence-corrected chi connectivity index (χ0v) is 18.6. The van der Waals surface area contributed by atoms with Crippen LogP contribution >= 0.6 is 0 Å². The zero-order valence-electron chi connectivity index (χ0n) is 18.6. The number of alkyl halides is 8. The lowest BCUT2D eigenvalue weighted by atomic mass is 10.1. The Kier molecular flexibility index (Phi) is 14.6. The molecule has 0 amide bonds. The SMILES string of the molecule is CCCCCCOC(=O)CCCCCCCCC(=O)OCC(F)(F)C(F)(F)C(F)(F)C(F)F. The van der Waals surface area contributed by atoms with Gasteiger partial charge in [0.15, 0.2) is 6.61 Å². The highest BCUT2D eigenvalue weighted by atomic mass is 19.4. The minimum atomic E-state index is -6.39. The van der Waals surface area contributed by atoms with Crippen molar-refractivity contribution >= 4 is 11.9 Å². The van der Waals surface area contributed by atoms with E-state index in [0.29, 0.717) is 32.3 Å². The summed E-state index contributed by atoms with van der Waals surface area (Å²) >= 11 is 0. The van der Waals surface area contributed by atoms with Crippen LogP contribution in [0.5, 0.6) is 0 Å². The van der Waals surface area contributed by atoms with Gasteiger partial charge >= 0.3 is 36.1 Å². The Labute approximate surface area is 188 Å². The highest BCUT2D eigenvalue weighted by Crippen LogP contribution is 2.48. The molecule has 12 heteroatoms. The third-order valence-electron chi connectivity index (χ3n) is 4.84. The highest BCUT2D eigenvalue weighted by Gasteiger charge is 2.75. The quantitative estimate of drug-likeness (QED) is 0.109. The van der Waals surface area contributed by atoms with Gasteiger partial charge in [0.05, 0.1) is 6.61 Å². The van der Waals surface area contributed by atoms with Crippen molar-refractivity contribution in [1.82, 2.24) is 0 Å². The second-order valence-corrected chi connectivity index (χ2v) is 7.77. The van der Waals surface area contributed by atoms with Crippen LogP contribution in [0.1, 0.15) is 84.0 Å². The summed E-state index contributed by atoms with van der Waals surface area (Å²) in [6.07, 6.45) is 2.28. The predicted octanol–water partition coefficient (Wildman–Crippen LogP) is 6.94. The van der Waals surface area contributed by atoms with Crippen molar-refractivity contribution in [2.24, 2.45) is 0 Å². The van der Waals surface area contributed by atoms with E-state index in [-0.39, 0.29) is 12.4 Å². The smallest absolute Gasteiger partial charge is 0.381 e. The minimum absolute atomic E-state index is 0.174. The van der Waals surface area contributed by atoms with Gasteiger partial charge in [0.2, 0.25) is 0 Å². The number of rotatable bonds is 19. The molecule has 0 aromatic heterocycles. The summed E-state index contributed by atoms with van der Waals surface area (Å²) in [6, 6.07) is 0. The average molecular weight is 500 g/mol. The molecule has 0 heterocycles. The Bertz CT molecular complexity index is 570. The molecule has 0 atom stereocenters. The van der Waals surface area contributed by atoms with Gasteiger partial charge in [-0.25, -0.2) is 8.78 Å². The third kappa shape index (κ3) is 11.4. The molecule has 0 aromatic carbocycles. The van der Waals surface area contributed by atoms with Gasteiger partial charge in [0, 0.05) is 12.8 Å². The number of ether oxygens (including phenoxy) is 2. The van der Waals surface area contributed by atoms with E-state index in [1.807, 2.05) is 0 Å². The summed E-state index contributed by atoms with van der Waals surface area (Å²) in [5.41, 5.74) is 0. The third-order valence-corrected chi connectivity index (χ3v) is 4.84. The van der Waals surface area contributed by atoms with Crippen LogP contribution in [0.2, 0.25) is 0 Å². The Hall–Kier alpha value is -1.62. The molecule has 0 bridgehead atoms. The van der Waals surface area contributed by atoms with Gasteiger partial charge in [-0.05, 0) is 19.3 Å². The van der Waals surface area contributed by atoms with Gasteiger partial charge in [-0.2, -0.15) is 26.3 Å². The first-order valence-electron chi connectivity index (χ1n) is 11.0. The van der Waals surface area contributed by atoms with E-state index in [4.69, 9.17) is 4.74 Å². The van der Waals surface area contributed by atoms with Gasteiger partial charge in [0.1, 0.15) is 0 Å². The van der Waals surface area contributed by atoms with Crippen LogP contribution in [0.4, 0.5) is 35.1 Å².